The van der Waals surface area contributed by atoms with E-state index in [0.29, 0.717) is 18.7 Å². The lowest BCUT2D eigenvalue weighted by Gasteiger charge is -2.29. The van der Waals surface area contributed by atoms with Crippen molar-refractivity contribution in [2.45, 2.75) is 50.7 Å². The van der Waals surface area contributed by atoms with E-state index in [9.17, 15) is 14.4 Å². The van der Waals surface area contributed by atoms with Gasteiger partial charge in [0.15, 0.2) is 0 Å². The number of anilines is 1. The highest BCUT2D eigenvalue weighted by atomic mass is 32.2. The van der Waals surface area contributed by atoms with Crippen LogP contribution in [0, 0.1) is 5.92 Å². The van der Waals surface area contributed by atoms with Gasteiger partial charge < -0.3 is 15.3 Å². The highest BCUT2D eigenvalue weighted by molar-refractivity contribution is 7.98. The van der Waals surface area contributed by atoms with Gasteiger partial charge in [-0.3, -0.25) is 14.4 Å². The summed E-state index contributed by atoms with van der Waals surface area (Å²) in [6.07, 6.45) is 0.751. The number of hydrogen-bond donors (Lipinski definition) is 2. The quantitative estimate of drug-likeness (QED) is 0.756. The molecule has 1 aromatic heterocycles. The smallest absolute Gasteiger partial charge is 0.315 e. The minimum atomic E-state index is -0.844. The number of piperidine rings is 1. The third-order valence-electron chi connectivity index (χ3n) is 4.74. The molecule has 0 atom stereocenters. The van der Waals surface area contributed by atoms with Gasteiger partial charge in [-0.15, -0.1) is 0 Å². The van der Waals surface area contributed by atoms with E-state index >= 15 is 0 Å². The van der Waals surface area contributed by atoms with E-state index in [1.165, 1.54) is 4.90 Å². The van der Waals surface area contributed by atoms with E-state index in [2.05, 4.69) is 10.4 Å². The van der Waals surface area contributed by atoms with Gasteiger partial charge in [-0.05, 0) is 33.6 Å². The minimum Gasteiger partial charge on any atom is -0.481 e. The molecule has 0 saturated carbocycles. The van der Waals surface area contributed by atoms with Crippen LogP contribution in [0.5, 0.6) is 0 Å². The number of carboxylic acid groups (broad SMARTS) is 1. The van der Waals surface area contributed by atoms with Crippen molar-refractivity contribution in [1.82, 2.24) is 14.7 Å². The van der Waals surface area contributed by atoms with Crippen molar-refractivity contribution in [2.24, 2.45) is 5.92 Å². The molecule has 9 heteroatoms. The summed E-state index contributed by atoms with van der Waals surface area (Å²) in [5.41, 5.74) is 1.62. The fourth-order valence-electron chi connectivity index (χ4n) is 3.26. The van der Waals surface area contributed by atoms with Crippen molar-refractivity contribution in [3.05, 3.63) is 11.3 Å². The van der Waals surface area contributed by atoms with Crippen LogP contribution in [-0.2, 0) is 31.4 Å². The first-order chi connectivity index (χ1) is 12.2. The van der Waals surface area contributed by atoms with Gasteiger partial charge in [0.1, 0.15) is 5.82 Å². The molecule has 3 rings (SSSR count). The van der Waals surface area contributed by atoms with Crippen LogP contribution < -0.4 is 5.32 Å². The number of rotatable bonds is 2. The van der Waals surface area contributed by atoms with E-state index in [0.717, 1.165) is 22.8 Å². The molecule has 3 heterocycles. The van der Waals surface area contributed by atoms with Crippen molar-refractivity contribution < 1.29 is 19.5 Å². The minimum absolute atomic E-state index is 0.287. The summed E-state index contributed by atoms with van der Waals surface area (Å²) in [6.45, 7) is 6.56. The summed E-state index contributed by atoms with van der Waals surface area (Å²) < 4.78 is 1.78. The van der Waals surface area contributed by atoms with E-state index < -0.39 is 23.7 Å². The molecule has 1 saturated heterocycles. The topological polar surface area (TPSA) is 105 Å². The number of aliphatic carboxylic acids is 1. The van der Waals surface area contributed by atoms with Crippen molar-refractivity contribution in [3.63, 3.8) is 0 Å². The van der Waals surface area contributed by atoms with Gasteiger partial charge in [-0.2, -0.15) is 16.9 Å². The molecule has 0 aliphatic carbocycles. The van der Waals surface area contributed by atoms with Gasteiger partial charge in [0.2, 0.25) is 0 Å². The van der Waals surface area contributed by atoms with Gasteiger partial charge >= 0.3 is 17.8 Å². The van der Waals surface area contributed by atoms with E-state index in [4.69, 9.17) is 5.11 Å². The Morgan fingerprint density at radius 1 is 1.19 bits per heavy atom. The molecule has 2 N–H and O–H groups in total. The van der Waals surface area contributed by atoms with Gasteiger partial charge in [-0.1, -0.05) is 0 Å². The van der Waals surface area contributed by atoms with E-state index in [1.807, 2.05) is 20.8 Å². The number of aromatic nitrogens is 2. The van der Waals surface area contributed by atoms with E-state index in [1.54, 1.807) is 16.4 Å². The van der Waals surface area contributed by atoms with Gasteiger partial charge in [-0.25, -0.2) is 4.68 Å². The molecular weight excluding hydrogens is 356 g/mol. The molecule has 2 aliphatic heterocycles. The van der Waals surface area contributed by atoms with E-state index in [-0.39, 0.29) is 18.6 Å². The van der Waals surface area contributed by atoms with Gasteiger partial charge in [0.25, 0.3) is 0 Å². The lowest BCUT2D eigenvalue weighted by Crippen LogP contribution is -2.45. The number of amides is 2. The highest BCUT2D eigenvalue weighted by Gasteiger charge is 2.33. The number of carbonyl (C=O) groups is 3. The predicted molar refractivity (Wildman–Crippen MR) is 97.8 cm³/mol. The number of nitrogens with one attached hydrogen (secondary N) is 1. The third kappa shape index (κ3) is 3.58. The number of thioether (sulfide) groups is 1. The summed E-state index contributed by atoms with van der Waals surface area (Å²) >= 11 is 1.73. The van der Waals surface area contributed by atoms with Gasteiger partial charge in [0.05, 0.1) is 17.2 Å². The molecule has 26 heavy (non-hydrogen) atoms. The lowest BCUT2D eigenvalue weighted by atomic mass is 9.97. The number of nitrogens with zero attached hydrogens (tertiary/aromatic N) is 3. The number of carboxylic acids is 1. The number of fused-ring (bicyclic) bond motifs is 1. The molecule has 2 aliphatic rings. The van der Waals surface area contributed by atoms with Crippen LogP contribution in [0.3, 0.4) is 0 Å². The second-order valence-corrected chi connectivity index (χ2v) is 8.69. The fourth-order valence-corrected chi connectivity index (χ4v) is 4.30. The Hall–Kier alpha value is -2.03. The monoisotopic (exact) mass is 380 g/mol. The summed E-state index contributed by atoms with van der Waals surface area (Å²) in [5.74, 6) is -0.430. The highest BCUT2D eigenvalue weighted by Crippen LogP contribution is 2.37. The molecule has 0 spiro atoms. The van der Waals surface area contributed by atoms with Crippen LogP contribution in [0.1, 0.15) is 44.9 Å². The first-order valence-corrected chi connectivity index (χ1v) is 9.86. The maximum atomic E-state index is 12.5. The standard InChI is InChI=1S/C17H24N4O4S/c1-17(2,3)21-13(11-8-26-9-12(11)19-21)18-14(22)15(23)20-6-4-10(5-7-20)16(24)25/h10H,4-9H2,1-3H3,(H,18,22)(H,24,25). The summed E-state index contributed by atoms with van der Waals surface area (Å²) in [5, 5.41) is 16.4. The molecule has 2 amide bonds. The molecule has 1 aromatic rings. The molecule has 8 nitrogen and oxygen atoms in total. The largest absolute Gasteiger partial charge is 0.481 e. The Morgan fingerprint density at radius 2 is 1.85 bits per heavy atom. The average molecular weight is 380 g/mol. The molecule has 0 aromatic carbocycles. The molecule has 0 bridgehead atoms. The van der Waals surface area contributed by atoms with Crippen LogP contribution in [0.4, 0.5) is 5.82 Å². The van der Waals surface area contributed by atoms with Crippen LogP contribution >= 0.6 is 11.8 Å². The normalized spacial score (nSPS) is 17.9. The Kier molecular flexibility index (Phi) is 5.01. The zero-order valence-electron chi connectivity index (χ0n) is 15.2. The van der Waals surface area contributed by atoms with Gasteiger partial charge in [0, 0.05) is 30.2 Å². The lowest BCUT2D eigenvalue weighted by molar-refractivity contribution is -0.148. The summed E-state index contributed by atoms with van der Waals surface area (Å²) in [6, 6.07) is 0. The summed E-state index contributed by atoms with van der Waals surface area (Å²) in [7, 11) is 0. The second kappa shape index (κ2) is 6.94. The number of carbonyl (C=O) groups excluding carboxylic acids is 2. The second-order valence-electron chi connectivity index (χ2n) is 7.71. The zero-order chi connectivity index (χ0) is 19.1. The first-order valence-electron chi connectivity index (χ1n) is 8.70. The Morgan fingerprint density at radius 3 is 2.42 bits per heavy atom. The van der Waals surface area contributed by atoms with Crippen molar-refractivity contribution >= 4 is 35.4 Å². The first kappa shape index (κ1) is 18.8. The summed E-state index contributed by atoms with van der Waals surface area (Å²) in [4.78, 5) is 37.5. The van der Waals surface area contributed by atoms with Crippen molar-refractivity contribution in [1.29, 1.82) is 0 Å². The Labute approximate surface area is 156 Å². The Bertz CT molecular complexity index is 745. The molecule has 1 fully saturated rings. The molecule has 0 radical (unpaired) electrons. The van der Waals surface area contributed by atoms with Crippen LogP contribution in [0.25, 0.3) is 0 Å². The number of hydrogen-bond acceptors (Lipinski definition) is 5. The maximum Gasteiger partial charge on any atom is 0.315 e. The maximum absolute atomic E-state index is 12.5. The number of likely N-dealkylation sites (tertiary alicyclic amines) is 1. The Balaban J connectivity index is 1.73. The molecular formula is C17H24N4O4S. The average Bonchev–Trinajstić information content (AvgIpc) is 3.16. The van der Waals surface area contributed by atoms with Crippen LogP contribution in [0.2, 0.25) is 0 Å². The van der Waals surface area contributed by atoms with Crippen molar-refractivity contribution in [3.8, 4) is 0 Å². The van der Waals surface area contributed by atoms with Crippen LogP contribution in [0.15, 0.2) is 0 Å². The molecule has 142 valence electrons. The van der Waals surface area contributed by atoms with Crippen LogP contribution in [-0.4, -0.2) is 50.7 Å². The third-order valence-corrected chi connectivity index (χ3v) is 5.72. The van der Waals surface area contributed by atoms with Crippen molar-refractivity contribution in [2.75, 3.05) is 18.4 Å². The fraction of sp³-hybridized carbons (Fsp3) is 0.647. The zero-order valence-corrected chi connectivity index (χ0v) is 16.1. The molecule has 0 unspecified atom stereocenters. The predicted octanol–water partition coefficient (Wildman–Crippen LogP) is 1.65. The SMILES string of the molecule is CC(C)(C)n1nc2c(c1NC(=O)C(=O)N1CCC(C(=O)O)CC1)CSC2.